The lowest BCUT2D eigenvalue weighted by atomic mass is 9.97. The van der Waals surface area contributed by atoms with E-state index in [1.807, 2.05) is 62.4 Å². The number of halogens is 3. The van der Waals surface area contributed by atoms with Crippen molar-refractivity contribution in [3.63, 3.8) is 0 Å². The van der Waals surface area contributed by atoms with Crippen LogP contribution in [0.3, 0.4) is 0 Å². The van der Waals surface area contributed by atoms with E-state index in [4.69, 9.17) is 30.5 Å². The zero-order chi connectivity index (χ0) is 31.4. The lowest BCUT2D eigenvalue weighted by molar-refractivity contribution is -0.136. The first kappa shape index (κ1) is 32.3. The number of carbonyl (C=O) groups is 1. The molecule has 228 valence electrons. The molecule has 12 heteroatoms. The van der Waals surface area contributed by atoms with Crippen LogP contribution in [0, 0.1) is 3.57 Å². The fourth-order valence-electron chi connectivity index (χ4n) is 4.68. The fourth-order valence-corrected chi connectivity index (χ4v) is 7.54. The summed E-state index contributed by atoms with van der Waals surface area (Å²) in [5, 5.41) is 0.668. The Kier molecular flexibility index (Phi) is 10.5. The number of rotatable bonds is 10. The minimum atomic E-state index is -0.772. The maximum Gasteiger partial charge on any atom is 0.337 e. The molecule has 0 saturated carbocycles. The van der Waals surface area contributed by atoms with Crippen molar-refractivity contribution in [1.29, 1.82) is 0 Å². The average Bonchev–Trinajstić information content (AvgIpc) is 3.32. The van der Waals surface area contributed by atoms with Gasteiger partial charge in [0.1, 0.15) is 12.4 Å². The number of thiazole rings is 1. The highest BCUT2D eigenvalue weighted by molar-refractivity contribution is 14.1. The van der Waals surface area contributed by atoms with Crippen molar-refractivity contribution in [3.8, 4) is 17.2 Å². The number of hydrogen-bond donors (Lipinski definition) is 0. The first-order valence-electron chi connectivity index (χ1n) is 13.6. The predicted octanol–water partition coefficient (Wildman–Crippen LogP) is 6.42. The van der Waals surface area contributed by atoms with Gasteiger partial charge in [-0.15, -0.1) is 0 Å². The van der Waals surface area contributed by atoms with Crippen LogP contribution in [0.2, 0.25) is 5.02 Å². The Labute approximate surface area is 284 Å². The van der Waals surface area contributed by atoms with Gasteiger partial charge < -0.3 is 18.9 Å². The molecule has 0 saturated heterocycles. The summed E-state index contributed by atoms with van der Waals surface area (Å²) >= 11 is 13.1. The summed E-state index contributed by atoms with van der Waals surface area (Å²) in [6, 6.07) is 15.9. The van der Waals surface area contributed by atoms with Crippen LogP contribution in [0.15, 0.2) is 80.6 Å². The summed E-state index contributed by atoms with van der Waals surface area (Å²) in [5.74, 6) is 1.22. The second-order valence-electron chi connectivity index (χ2n) is 9.48. The van der Waals surface area contributed by atoms with Crippen LogP contribution in [-0.2, 0) is 16.1 Å². The van der Waals surface area contributed by atoms with Crippen molar-refractivity contribution in [2.45, 2.75) is 26.5 Å². The zero-order valence-electron chi connectivity index (χ0n) is 23.9. The molecule has 0 aliphatic carbocycles. The molecule has 4 aromatic rings. The van der Waals surface area contributed by atoms with Crippen molar-refractivity contribution in [3.05, 3.63) is 116 Å². The molecule has 0 N–H and O–H groups in total. The third kappa shape index (κ3) is 6.90. The predicted molar refractivity (Wildman–Crippen MR) is 183 cm³/mol. The van der Waals surface area contributed by atoms with Gasteiger partial charge in [-0.3, -0.25) is 9.36 Å². The molecule has 0 spiro atoms. The van der Waals surface area contributed by atoms with E-state index in [0.29, 0.717) is 57.0 Å². The van der Waals surface area contributed by atoms with Crippen molar-refractivity contribution in [1.82, 2.24) is 4.57 Å². The Balaban J connectivity index is 1.54. The highest BCUT2D eigenvalue weighted by atomic mass is 127. The number of nitrogens with zero attached hydrogens (tertiary/aromatic N) is 2. The quantitative estimate of drug-likeness (QED) is 0.136. The van der Waals surface area contributed by atoms with E-state index in [9.17, 15) is 9.59 Å². The molecule has 1 aliphatic rings. The fraction of sp³-hybridized carbons (Fsp3) is 0.219. The van der Waals surface area contributed by atoms with E-state index >= 15 is 0 Å². The third-order valence-corrected chi connectivity index (χ3v) is 9.26. The minimum absolute atomic E-state index is 0.234. The molecule has 5 rings (SSSR count). The number of ether oxygens (including phenoxy) is 4. The topological polar surface area (TPSA) is 88.4 Å². The summed E-state index contributed by atoms with van der Waals surface area (Å²) in [6.45, 7) is 5.03. The summed E-state index contributed by atoms with van der Waals surface area (Å²) < 4.78 is 26.3. The molecule has 2 heterocycles. The molecular weight excluding hydrogens is 783 g/mol. The van der Waals surface area contributed by atoms with Gasteiger partial charge in [0.25, 0.3) is 5.56 Å². The molecule has 0 fully saturated rings. The van der Waals surface area contributed by atoms with Gasteiger partial charge in [-0.25, -0.2) is 9.79 Å². The molecule has 1 atom stereocenters. The number of benzene rings is 3. The van der Waals surface area contributed by atoms with Crippen molar-refractivity contribution in [2.75, 3.05) is 20.3 Å². The molecule has 0 radical (unpaired) electrons. The number of esters is 1. The van der Waals surface area contributed by atoms with Gasteiger partial charge in [0, 0.05) is 11.2 Å². The van der Waals surface area contributed by atoms with Crippen LogP contribution in [0.25, 0.3) is 6.08 Å². The summed E-state index contributed by atoms with van der Waals surface area (Å²) in [4.78, 5) is 31.7. The van der Waals surface area contributed by atoms with Gasteiger partial charge in [-0.2, -0.15) is 0 Å². The molecule has 0 amide bonds. The molecule has 44 heavy (non-hydrogen) atoms. The van der Waals surface area contributed by atoms with Gasteiger partial charge in [0.15, 0.2) is 16.3 Å². The molecule has 3 aromatic carbocycles. The lowest BCUT2D eigenvalue weighted by Crippen LogP contribution is -2.39. The normalized spacial score (nSPS) is 14.4. The van der Waals surface area contributed by atoms with Crippen molar-refractivity contribution < 1.29 is 23.7 Å². The third-order valence-electron chi connectivity index (χ3n) is 6.62. The minimum Gasteiger partial charge on any atom is -0.490 e. The van der Waals surface area contributed by atoms with Crippen LogP contribution in [0.5, 0.6) is 17.2 Å². The van der Waals surface area contributed by atoms with Crippen LogP contribution < -0.4 is 29.1 Å². The summed E-state index contributed by atoms with van der Waals surface area (Å²) in [6.07, 6.45) is 3.27. The van der Waals surface area contributed by atoms with Gasteiger partial charge in [0.2, 0.25) is 0 Å². The Morgan fingerprint density at radius 3 is 2.48 bits per heavy atom. The summed E-state index contributed by atoms with van der Waals surface area (Å²) in [7, 11) is 1.30. The smallest absolute Gasteiger partial charge is 0.337 e. The van der Waals surface area contributed by atoms with Gasteiger partial charge in [-0.05, 0) is 112 Å². The molecule has 1 aromatic heterocycles. The lowest BCUT2D eigenvalue weighted by Gasteiger charge is -2.23. The first-order valence-corrected chi connectivity index (χ1v) is 16.7. The number of carbonyl (C=O) groups excluding carboxylic acids is 1. The zero-order valence-corrected chi connectivity index (χ0v) is 29.3. The Hall–Kier alpha value is -3.13. The summed E-state index contributed by atoms with van der Waals surface area (Å²) in [5.41, 5.74) is 2.40. The van der Waals surface area contributed by atoms with Crippen LogP contribution >= 0.6 is 61.5 Å². The monoisotopic (exact) mass is 808 g/mol. The van der Waals surface area contributed by atoms with Crippen LogP contribution in [0.1, 0.15) is 36.6 Å². The van der Waals surface area contributed by atoms with Crippen molar-refractivity contribution >= 4 is 73.5 Å². The number of methoxy groups -OCH3 is 1. The van der Waals surface area contributed by atoms with Crippen LogP contribution in [0.4, 0.5) is 0 Å². The first-order chi connectivity index (χ1) is 21.2. The molecule has 0 bridgehead atoms. The molecular formula is C32H27BrClIN2O6S. The molecule has 0 unspecified atom stereocenters. The average molecular weight is 810 g/mol. The standard InChI is InChI=1S/C32H27BrClIN2O6S/c1-4-41-25-11-8-20(15-26(25)42-5-2)28-22(31(39)40-3)16-36-32-37(28)30(38)27(44-32)14-19-12-23(33)29(24(35)13-19)43-17-18-6-9-21(34)10-7-18/h6-16,28H,4-5,17H2,1-3H3/b27-14-/t28-/m0/s1. The van der Waals surface area contributed by atoms with E-state index in [1.54, 1.807) is 12.1 Å². The number of hydrogen-bond acceptors (Lipinski definition) is 8. The van der Waals surface area contributed by atoms with Crippen molar-refractivity contribution in [2.24, 2.45) is 4.99 Å². The van der Waals surface area contributed by atoms with Gasteiger partial charge in [-0.1, -0.05) is 41.1 Å². The second-order valence-corrected chi connectivity index (χ2v) is 12.9. The van der Waals surface area contributed by atoms with E-state index in [0.717, 1.165) is 19.2 Å². The maximum atomic E-state index is 14.0. The number of aromatic nitrogens is 1. The Bertz CT molecular complexity index is 1900. The SMILES string of the molecule is CCOc1ccc([C@H]2C(C(=O)OC)=CN=c3s/c(=C\c4cc(Br)c(OCc5ccc(Cl)cc5)c(I)c4)c(=O)n32)cc1OCC. The van der Waals surface area contributed by atoms with E-state index < -0.39 is 12.0 Å². The van der Waals surface area contributed by atoms with Gasteiger partial charge in [0.05, 0.1) is 44.5 Å². The van der Waals surface area contributed by atoms with E-state index in [-0.39, 0.29) is 11.1 Å². The van der Waals surface area contributed by atoms with Crippen LogP contribution in [-0.4, -0.2) is 30.9 Å². The second kappa shape index (κ2) is 14.3. The molecule has 8 nitrogen and oxygen atoms in total. The highest BCUT2D eigenvalue weighted by Crippen LogP contribution is 2.36. The highest BCUT2D eigenvalue weighted by Gasteiger charge is 2.31. The Morgan fingerprint density at radius 2 is 1.80 bits per heavy atom. The van der Waals surface area contributed by atoms with E-state index in [1.165, 1.54) is 29.2 Å². The maximum absolute atomic E-state index is 14.0. The molecule has 1 aliphatic heterocycles. The Morgan fingerprint density at radius 1 is 1.07 bits per heavy atom. The largest absolute Gasteiger partial charge is 0.490 e. The van der Waals surface area contributed by atoms with E-state index in [2.05, 4.69) is 43.5 Å². The number of fused-ring (bicyclic) bond motifs is 1. The van der Waals surface area contributed by atoms with Gasteiger partial charge >= 0.3 is 5.97 Å².